The Labute approximate surface area is 85.8 Å². The van der Waals surface area contributed by atoms with Crippen LogP contribution in [0.5, 0.6) is 5.75 Å². The highest BCUT2D eigenvalue weighted by Crippen LogP contribution is 2.27. The smallest absolute Gasteiger partial charge is 0.138 e. The summed E-state index contributed by atoms with van der Waals surface area (Å²) in [6.45, 7) is 4.39. The minimum Gasteiger partial charge on any atom is -0.506 e. The Bertz CT molecular complexity index is 296. The molecule has 3 N–H and O–H groups in total. The molecule has 0 bridgehead atoms. The zero-order chi connectivity index (χ0) is 10.6. The first-order chi connectivity index (χ1) is 6.65. The summed E-state index contributed by atoms with van der Waals surface area (Å²) in [6, 6.07) is 5.49. The van der Waals surface area contributed by atoms with Gasteiger partial charge in [-0.1, -0.05) is 32.8 Å². The predicted octanol–water partition coefficient (Wildman–Crippen LogP) is 3.27. The van der Waals surface area contributed by atoms with Gasteiger partial charge in [-0.15, -0.1) is 0 Å². The van der Waals surface area contributed by atoms with Gasteiger partial charge >= 0.3 is 0 Å². The van der Waals surface area contributed by atoms with Crippen LogP contribution in [0, 0.1) is 0 Å². The lowest BCUT2D eigenvalue weighted by Gasteiger charge is -2.12. The van der Waals surface area contributed by atoms with E-state index in [1.165, 1.54) is 24.8 Å². The van der Waals surface area contributed by atoms with Crippen LogP contribution in [0.4, 0.5) is 5.69 Å². The van der Waals surface area contributed by atoms with E-state index >= 15 is 0 Å². The molecule has 0 heterocycles. The van der Waals surface area contributed by atoms with Crippen molar-refractivity contribution in [3.8, 4) is 5.75 Å². The molecule has 0 aliphatic heterocycles. The molecule has 1 atom stereocenters. The van der Waals surface area contributed by atoms with Gasteiger partial charge in [0.15, 0.2) is 0 Å². The number of phenols is 1. The first kappa shape index (κ1) is 10.9. The molecule has 2 nitrogen and oxygen atoms in total. The van der Waals surface area contributed by atoms with Crippen LogP contribution in [0.3, 0.4) is 0 Å². The molecule has 0 fully saturated rings. The molecule has 1 aromatic carbocycles. The van der Waals surface area contributed by atoms with E-state index in [1.807, 2.05) is 12.1 Å². The van der Waals surface area contributed by atoms with E-state index in [1.54, 1.807) is 6.07 Å². The average molecular weight is 193 g/mol. The van der Waals surface area contributed by atoms with Gasteiger partial charge < -0.3 is 10.8 Å². The lowest BCUT2D eigenvalue weighted by atomic mass is 9.95. The van der Waals surface area contributed by atoms with E-state index in [0.717, 1.165) is 0 Å². The lowest BCUT2D eigenvalue weighted by Crippen LogP contribution is -1.95. The molecule has 0 aliphatic rings. The van der Waals surface area contributed by atoms with Gasteiger partial charge in [0.05, 0.1) is 5.69 Å². The SMILES string of the molecule is CCCCC(C)c1ccc(O)c(N)c1. The minimum atomic E-state index is 0.177. The first-order valence-corrected chi connectivity index (χ1v) is 5.23. The minimum absolute atomic E-state index is 0.177. The second kappa shape index (κ2) is 4.89. The number of anilines is 1. The Hall–Kier alpha value is -1.18. The van der Waals surface area contributed by atoms with Crippen LogP contribution in [0.25, 0.3) is 0 Å². The quantitative estimate of drug-likeness (QED) is 0.569. The second-order valence-corrected chi connectivity index (χ2v) is 3.86. The summed E-state index contributed by atoms with van der Waals surface area (Å²) in [4.78, 5) is 0. The molecule has 1 aromatic rings. The summed E-state index contributed by atoms with van der Waals surface area (Å²) < 4.78 is 0. The number of unbranched alkanes of at least 4 members (excludes halogenated alkanes) is 1. The highest BCUT2D eigenvalue weighted by molar-refractivity contribution is 5.53. The number of hydrogen-bond donors (Lipinski definition) is 2. The number of nitrogen functional groups attached to an aromatic ring is 1. The van der Waals surface area contributed by atoms with Gasteiger partial charge in [0, 0.05) is 0 Å². The molecular formula is C12H19NO. The van der Waals surface area contributed by atoms with Crippen LogP contribution >= 0.6 is 0 Å². The van der Waals surface area contributed by atoms with Crippen LogP contribution in [0.15, 0.2) is 18.2 Å². The highest BCUT2D eigenvalue weighted by atomic mass is 16.3. The Balaban J connectivity index is 2.70. The van der Waals surface area contributed by atoms with E-state index in [4.69, 9.17) is 5.73 Å². The van der Waals surface area contributed by atoms with Gasteiger partial charge in [0.2, 0.25) is 0 Å². The molecule has 0 radical (unpaired) electrons. The van der Waals surface area contributed by atoms with Gasteiger partial charge in [0.1, 0.15) is 5.75 Å². The van der Waals surface area contributed by atoms with Crippen molar-refractivity contribution in [1.29, 1.82) is 0 Å². The van der Waals surface area contributed by atoms with E-state index in [0.29, 0.717) is 11.6 Å². The van der Waals surface area contributed by atoms with Gasteiger partial charge in [0.25, 0.3) is 0 Å². The summed E-state index contributed by atoms with van der Waals surface area (Å²) in [7, 11) is 0. The maximum Gasteiger partial charge on any atom is 0.138 e. The van der Waals surface area contributed by atoms with Crippen LogP contribution < -0.4 is 5.73 Å². The molecule has 1 unspecified atom stereocenters. The molecule has 0 aliphatic carbocycles. The van der Waals surface area contributed by atoms with Gasteiger partial charge in [-0.25, -0.2) is 0 Å². The van der Waals surface area contributed by atoms with Crippen LogP contribution in [-0.2, 0) is 0 Å². The average Bonchev–Trinajstić information content (AvgIpc) is 2.18. The van der Waals surface area contributed by atoms with Crippen molar-refractivity contribution in [2.24, 2.45) is 0 Å². The number of benzene rings is 1. The number of rotatable bonds is 4. The Morgan fingerprint density at radius 1 is 1.43 bits per heavy atom. The number of phenolic OH excluding ortho intramolecular Hbond substituents is 1. The van der Waals surface area contributed by atoms with Crippen molar-refractivity contribution in [3.05, 3.63) is 23.8 Å². The molecule has 0 saturated heterocycles. The third kappa shape index (κ3) is 2.66. The standard InChI is InChI=1S/C12H19NO/c1-3-4-5-9(2)10-6-7-12(14)11(13)8-10/h6-9,14H,3-5,13H2,1-2H3. The zero-order valence-electron chi connectivity index (χ0n) is 8.96. The molecular weight excluding hydrogens is 174 g/mol. The summed E-state index contributed by atoms with van der Waals surface area (Å²) in [5, 5.41) is 9.28. The van der Waals surface area contributed by atoms with Gasteiger partial charge in [-0.05, 0) is 30.0 Å². The molecule has 0 saturated carbocycles. The van der Waals surface area contributed by atoms with Crippen molar-refractivity contribution in [2.75, 3.05) is 5.73 Å². The molecule has 14 heavy (non-hydrogen) atoms. The Morgan fingerprint density at radius 2 is 2.14 bits per heavy atom. The Kier molecular flexibility index (Phi) is 3.81. The van der Waals surface area contributed by atoms with E-state index in [2.05, 4.69) is 13.8 Å². The Morgan fingerprint density at radius 3 is 2.71 bits per heavy atom. The van der Waals surface area contributed by atoms with Gasteiger partial charge in [-0.2, -0.15) is 0 Å². The number of aromatic hydroxyl groups is 1. The van der Waals surface area contributed by atoms with Crippen LogP contribution in [-0.4, -0.2) is 5.11 Å². The fourth-order valence-electron chi connectivity index (χ4n) is 1.56. The number of hydrogen-bond acceptors (Lipinski definition) is 2. The molecule has 1 rings (SSSR count). The maximum atomic E-state index is 9.28. The largest absolute Gasteiger partial charge is 0.506 e. The molecule has 78 valence electrons. The first-order valence-electron chi connectivity index (χ1n) is 5.23. The van der Waals surface area contributed by atoms with E-state index < -0.39 is 0 Å². The van der Waals surface area contributed by atoms with E-state index in [9.17, 15) is 5.11 Å². The van der Waals surface area contributed by atoms with Gasteiger partial charge in [-0.3, -0.25) is 0 Å². The van der Waals surface area contributed by atoms with Crippen molar-refractivity contribution < 1.29 is 5.11 Å². The van der Waals surface area contributed by atoms with Crippen LogP contribution in [0.2, 0.25) is 0 Å². The van der Waals surface area contributed by atoms with Crippen molar-refractivity contribution >= 4 is 5.69 Å². The summed E-state index contributed by atoms with van der Waals surface area (Å²) in [6.07, 6.45) is 3.64. The van der Waals surface area contributed by atoms with Crippen molar-refractivity contribution in [1.82, 2.24) is 0 Å². The van der Waals surface area contributed by atoms with Crippen molar-refractivity contribution in [3.63, 3.8) is 0 Å². The monoisotopic (exact) mass is 193 g/mol. The fraction of sp³-hybridized carbons (Fsp3) is 0.500. The third-order valence-electron chi connectivity index (χ3n) is 2.61. The predicted molar refractivity (Wildman–Crippen MR) is 60.5 cm³/mol. The van der Waals surface area contributed by atoms with Crippen LogP contribution in [0.1, 0.15) is 44.6 Å². The molecule has 2 heteroatoms. The van der Waals surface area contributed by atoms with Crippen molar-refractivity contribution in [2.45, 2.75) is 39.0 Å². The normalized spacial score (nSPS) is 12.7. The topological polar surface area (TPSA) is 46.2 Å². The molecule has 0 amide bonds. The third-order valence-corrected chi connectivity index (χ3v) is 2.61. The summed E-state index contributed by atoms with van der Waals surface area (Å²) >= 11 is 0. The van der Waals surface area contributed by atoms with E-state index in [-0.39, 0.29) is 5.75 Å². The number of nitrogens with two attached hydrogens (primary N) is 1. The highest BCUT2D eigenvalue weighted by Gasteiger charge is 2.06. The molecule has 0 aromatic heterocycles. The lowest BCUT2D eigenvalue weighted by molar-refractivity contribution is 0.477. The molecule has 0 spiro atoms. The maximum absolute atomic E-state index is 9.28. The fourth-order valence-corrected chi connectivity index (χ4v) is 1.56. The second-order valence-electron chi connectivity index (χ2n) is 3.86. The summed E-state index contributed by atoms with van der Waals surface area (Å²) in [5.74, 6) is 0.703. The zero-order valence-corrected chi connectivity index (χ0v) is 8.96. The summed E-state index contributed by atoms with van der Waals surface area (Å²) in [5.41, 5.74) is 7.33.